The molecule has 0 aliphatic carbocycles. The predicted octanol–water partition coefficient (Wildman–Crippen LogP) is 1.62. The fourth-order valence-electron chi connectivity index (χ4n) is 3.22. The summed E-state index contributed by atoms with van der Waals surface area (Å²) in [5.41, 5.74) is 2.24. The molecule has 0 saturated carbocycles. The number of hydrogen-bond acceptors (Lipinski definition) is 5. The van der Waals surface area contributed by atoms with Crippen LogP contribution in [0.2, 0.25) is 0 Å². The summed E-state index contributed by atoms with van der Waals surface area (Å²) < 4.78 is 7.29. The van der Waals surface area contributed by atoms with Crippen LogP contribution < -0.4 is 5.32 Å². The van der Waals surface area contributed by atoms with Crippen molar-refractivity contribution in [3.05, 3.63) is 41.0 Å². The molecule has 2 N–H and O–H groups in total. The molecule has 0 aromatic carbocycles. The highest BCUT2D eigenvalue weighted by atomic mass is 16.3. The Hall–Kier alpha value is -2.56. The number of carbonyl (C=O) groups is 1. The first kappa shape index (κ1) is 17.3. The maximum absolute atomic E-state index is 12.4. The van der Waals surface area contributed by atoms with E-state index in [1.54, 1.807) is 6.26 Å². The number of β-amino-alcohol motifs (C(OH)–C–C–N with tert-alkyl or cyclic N) is 1. The summed E-state index contributed by atoms with van der Waals surface area (Å²) in [4.78, 5) is 14.3. The SMILES string of the molecule is Cc1c(C#N)c(NC(=O)CN2CC[C@H](O)C2)n(Cc2ccco2)c1C. The molecule has 1 aliphatic rings. The molecule has 2 aromatic heterocycles. The van der Waals surface area contributed by atoms with Gasteiger partial charge < -0.3 is 19.4 Å². The Morgan fingerprint density at radius 1 is 1.52 bits per heavy atom. The number of nitrogens with zero attached hydrogens (tertiary/aromatic N) is 3. The minimum Gasteiger partial charge on any atom is -0.467 e. The van der Waals surface area contributed by atoms with Gasteiger partial charge in [-0.05, 0) is 38.0 Å². The number of carbonyl (C=O) groups excluding carboxylic acids is 1. The number of amides is 1. The Balaban J connectivity index is 1.82. The lowest BCUT2D eigenvalue weighted by atomic mass is 10.2. The molecule has 0 unspecified atom stereocenters. The summed E-state index contributed by atoms with van der Waals surface area (Å²) in [6.07, 6.45) is 1.92. The second kappa shape index (κ2) is 7.13. The second-order valence-electron chi connectivity index (χ2n) is 6.44. The Labute approximate surface area is 146 Å². The zero-order valence-electron chi connectivity index (χ0n) is 14.5. The van der Waals surface area contributed by atoms with Gasteiger partial charge in [0.15, 0.2) is 0 Å². The van der Waals surface area contributed by atoms with Gasteiger partial charge in [0.1, 0.15) is 17.6 Å². The summed E-state index contributed by atoms with van der Waals surface area (Å²) in [7, 11) is 0. The number of hydrogen-bond donors (Lipinski definition) is 2. The molecule has 3 rings (SSSR count). The highest BCUT2D eigenvalue weighted by Gasteiger charge is 2.24. The largest absolute Gasteiger partial charge is 0.467 e. The summed E-state index contributed by atoms with van der Waals surface area (Å²) in [6, 6.07) is 5.86. The van der Waals surface area contributed by atoms with Crippen molar-refractivity contribution in [3.8, 4) is 6.07 Å². The van der Waals surface area contributed by atoms with Gasteiger partial charge in [0.05, 0.1) is 31.0 Å². The van der Waals surface area contributed by atoms with E-state index >= 15 is 0 Å². The van der Waals surface area contributed by atoms with Gasteiger partial charge in [-0.1, -0.05) is 0 Å². The Kier molecular flexibility index (Phi) is 4.93. The minimum atomic E-state index is -0.366. The van der Waals surface area contributed by atoms with Gasteiger partial charge in [0.2, 0.25) is 5.91 Å². The maximum Gasteiger partial charge on any atom is 0.239 e. The topological polar surface area (TPSA) is 94.4 Å². The van der Waals surface area contributed by atoms with E-state index in [1.165, 1.54) is 0 Å². The van der Waals surface area contributed by atoms with E-state index in [0.29, 0.717) is 37.4 Å². The van der Waals surface area contributed by atoms with E-state index < -0.39 is 0 Å². The van der Waals surface area contributed by atoms with Crippen molar-refractivity contribution < 1.29 is 14.3 Å². The number of furan rings is 1. The first-order chi connectivity index (χ1) is 12.0. The number of anilines is 1. The molecule has 132 valence electrons. The zero-order chi connectivity index (χ0) is 18.0. The van der Waals surface area contributed by atoms with Crippen LogP contribution in [0.4, 0.5) is 5.82 Å². The van der Waals surface area contributed by atoms with E-state index in [4.69, 9.17) is 4.42 Å². The molecule has 1 aliphatic heterocycles. The molecule has 1 saturated heterocycles. The highest BCUT2D eigenvalue weighted by molar-refractivity contribution is 5.93. The summed E-state index contributed by atoms with van der Waals surface area (Å²) in [5.74, 6) is 1.06. The second-order valence-corrected chi connectivity index (χ2v) is 6.44. The van der Waals surface area contributed by atoms with Gasteiger partial charge in [0.25, 0.3) is 0 Å². The van der Waals surface area contributed by atoms with Crippen LogP contribution in [0.1, 0.15) is 29.0 Å². The number of rotatable bonds is 5. The molecule has 2 aromatic rings. The van der Waals surface area contributed by atoms with Crippen molar-refractivity contribution in [1.82, 2.24) is 9.47 Å². The third-order valence-electron chi connectivity index (χ3n) is 4.71. The average molecular weight is 342 g/mol. The smallest absolute Gasteiger partial charge is 0.239 e. The van der Waals surface area contributed by atoms with Crippen LogP contribution in [0.15, 0.2) is 22.8 Å². The number of aliphatic hydroxyl groups is 1. The van der Waals surface area contributed by atoms with Crippen molar-refractivity contribution in [2.45, 2.75) is 32.9 Å². The zero-order valence-corrected chi connectivity index (χ0v) is 14.5. The molecule has 0 spiro atoms. The number of likely N-dealkylation sites (tertiary alicyclic amines) is 1. The molecule has 3 heterocycles. The van der Waals surface area contributed by atoms with Crippen molar-refractivity contribution in [2.75, 3.05) is 25.0 Å². The third-order valence-corrected chi connectivity index (χ3v) is 4.71. The fourth-order valence-corrected chi connectivity index (χ4v) is 3.22. The van der Waals surface area contributed by atoms with Gasteiger partial charge >= 0.3 is 0 Å². The normalized spacial score (nSPS) is 17.6. The number of aromatic nitrogens is 1. The molecule has 25 heavy (non-hydrogen) atoms. The highest BCUT2D eigenvalue weighted by Crippen LogP contribution is 2.27. The first-order valence-corrected chi connectivity index (χ1v) is 8.32. The van der Waals surface area contributed by atoms with Crippen molar-refractivity contribution in [2.24, 2.45) is 0 Å². The van der Waals surface area contributed by atoms with Crippen molar-refractivity contribution in [1.29, 1.82) is 5.26 Å². The van der Waals surface area contributed by atoms with Gasteiger partial charge in [-0.3, -0.25) is 9.69 Å². The molecule has 7 heteroatoms. The molecule has 7 nitrogen and oxygen atoms in total. The van der Waals surface area contributed by atoms with E-state index in [0.717, 1.165) is 17.0 Å². The lowest BCUT2D eigenvalue weighted by Gasteiger charge is -2.16. The van der Waals surface area contributed by atoms with Crippen molar-refractivity contribution >= 4 is 11.7 Å². The average Bonchev–Trinajstić information content (AvgIpc) is 3.27. The van der Waals surface area contributed by atoms with Crippen LogP contribution in [-0.2, 0) is 11.3 Å². The van der Waals surface area contributed by atoms with Crippen LogP contribution in [0.3, 0.4) is 0 Å². The Morgan fingerprint density at radius 3 is 2.92 bits per heavy atom. The van der Waals surface area contributed by atoms with Crippen LogP contribution in [0.25, 0.3) is 0 Å². The quantitative estimate of drug-likeness (QED) is 0.861. The van der Waals surface area contributed by atoms with Gasteiger partial charge in [-0.25, -0.2) is 0 Å². The lowest BCUT2D eigenvalue weighted by Crippen LogP contribution is -2.32. The Morgan fingerprint density at radius 2 is 2.32 bits per heavy atom. The first-order valence-electron chi connectivity index (χ1n) is 8.32. The monoisotopic (exact) mass is 342 g/mol. The fraction of sp³-hybridized carbons (Fsp3) is 0.444. The molecular weight excluding hydrogens is 320 g/mol. The molecule has 1 fully saturated rings. The predicted molar refractivity (Wildman–Crippen MR) is 92.1 cm³/mol. The molecule has 0 radical (unpaired) electrons. The Bertz CT molecular complexity index is 801. The van der Waals surface area contributed by atoms with E-state index in [9.17, 15) is 15.2 Å². The van der Waals surface area contributed by atoms with Crippen LogP contribution in [0, 0.1) is 25.2 Å². The maximum atomic E-state index is 12.4. The van der Waals surface area contributed by atoms with Crippen molar-refractivity contribution in [3.63, 3.8) is 0 Å². The molecule has 0 bridgehead atoms. The standard InChI is InChI=1S/C18H22N4O3/c1-12-13(2)22(10-15-4-3-7-25-15)18(16(12)8-19)20-17(24)11-21-6-5-14(23)9-21/h3-4,7,14,23H,5-6,9-11H2,1-2H3,(H,20,24)/t14-/m0/s1. The molecule has 1 atom stereocenters. The number of aliphatic hydroxyl groups excluding tert-OH is 1. The van der Waals surface area contributed by atoms with E-state index in [2.05, 4.69) is 11.4 Å². The van der Waals surface area contributed by atoms with E-state index in [1.807, 2.05) is 35.4 Å². The van der Waals surface area contributed by atoms with Gasteiger partial charge in [0, 0.05) is 18.8 Å². The summed E-state index contributed by atoms with van der Waals surface area (Å²) >= 11 is 0. The number of nitrogens with one attached hydrogen (secondary N) is 1. The van der Waals surface area contributed by atoms with Crippen LogP contribution >= 0.6 is 0 Å². The van der Waals surface area contributed by atoms with Crippen LogP contribution in [0.5, 0.6) is 0 Å². The van der Waals surface area contributed by atoms with Gasteiger partial charge in [-0.15, -0.1) is 0 Å². The third kappa shape index (κ3) is 3.60. The van der Waals surface area contributed by atoms with Crippen LogP contribution in [-0.4, -0.2) is 46.2 Å². The van der Waals surface area contributed by atoms with Gasteiger partial charge in [-0.2, -0.15) is 5.26 Å². The number of nitriles is 1. The lowest BCUT2D eigenvalue weighted by molar-refractivity contribution is -0.117. The summed E-state index contributed by atoms with van der Waals surface area (Å²) in [6.45, 7) is 5.64. The molecular formula is C18H22N4O3. The molecule has 1 amide bonds. The minimum absolute atomic E-state index is 0.191. The summed E-state index contributed by atoms with van der Waals surface area (Å²) in [5, 5.41) is 22.0. The van der Waals surface area contributed by atoms with E-state index in [-0.39, 0.29) is 18.6 Å².